The van der Waals surface area contributed by atoms with E-state index in [0.717, 1.165) is 10.6 Å². The predicted molar refractivity (Wildman–Crippen MR) is 59.0 cm³/mol. The van der Waals surface area contributed by atoms with Crippen molar-refractivity contribution in [2.75, 3.05) is 0 Å². The number of carbonyl (C=O) groups is 1. The molecule has 2 rings (SSSR count). The number of carboxylic acid groups (broad SMARTS) is 1. The Balaban J connectivity index is 2.75. The summed E-state index contributed by atoms with van der Waals surface area (Å²) in [5.41, 5.74) is -1.16. The quantitative estimate of drug-likeness (QED) is 0.913. The monoisotopic (exact) mass is 273 g/mol. The van der Waals surface area contributed by atoms with Crippen molar-refractivity contribution in [2.24, 2.45) is 0 Å². The van der Waals surface area contributed by atoms with Gasteiger partial charge in [-0.2, -0.15) is 18.3 Å². The summed E-state index contributed by atoms with van der Waals surface area (Å²) in [6, 6.07) is 1.96. The van der Waals surface area contributed by atoms with Gasteiger partial charge in [0.25, 0.3) is 0 Å². The normalized spacial score (nSPS) is 12.3. The van der Waals surface area contributed by atoms with E-state index in [2.05, 4.69) is 10.1 Å². The van der Waals surface area contributed by atoms with Crippen LogP contribution in [0.1, 0.15) is 41.6 Å². The molecule has 5 nitrogen and oxygen atoms in total. The van der Waals surface area contributed by atoms with Crippen LogP contribution in [0, 0.1) is 0 Å². The lowest BCUT2D eigenvalue weighted by atomic mass is 10.1. The lowest BCUT2D eigenvalue weighted by molar-refractivity contribution is -0.141. The molecule has 0 aliphatic carbocycles. The van der Waals surface area contributed by atoms with Crippen LogP contribution in [0.4, 0.5) is 13.2 Å². The van der Waals surface area contributed by atoms with Gasteiger partial charge in [-0.05, 0) is 12.0 Å². The molecule has 0 aliphatic heterocycles. The number of halogens is 3. The average Bonchev–Trinajstić information content (AvgIpc) is 2.70. The zero-order valence-electron chi connectivity index (χ0n) is 10.1. The second-order valence-electron chi connectivity index (χ2n) is 4.32. The van der Waals surface area contributed by atoms with Crippen LogP contribution in [0.25, 0.3) is 5.65 Å². The highest BCUT2D eigenvalue weighted by atomic mass is 19.4. The lowest BCUT2D eigenvalue weighted by Gasteiger charge is -2.08. The van der Waals surface area contributed by atoms with Crippen LogP contribution in [-0.4, -0.2) is 25.7 Å². The molecule has 0 fully saturated rings. The van der Waals surface area contributed by atoms with Gasteiger partial charge in [0.15, 0.2) is 17.0 Å². The minimum atomic E-state index is -4.59. The molecule has 19 heavy (non-hydrogen) atoms. The first-order valence-electron chi connectivity index (χ1n) is 5.41. The van der Waals surface area contributed by atoms with Gasteiger partial charge in [-0.1, -0.05) is 13.8 Å². The van der Waals surface area contributed by atoms with Crippen molar-refractivity contribution in [3.05, 3.63) is 29.2 Å². The van der Waals surface area contributed by atoms with Gasteiger partial charge in [0.05, 0.1) is 0 Å². The van der Waals surface area contributed by atoms with Crippen LogP contribution in [0.15, 0.2) is 12.1 Å². The maximum Gasteiger partial charge on any atom is 0.435 e. The summed E-state index contributed by atoms with van der Waals surface area (Å²) in [6.07, 6.45) is -4.59. The van der Waals surface area contributed by atoms with Gasteiger partial charge in [-0.3, -0.25) is 0 Å². The van der Waals surface area contributed by atoms with Crippen molar-refractivity contribution in [1.82, 2.24) is 14.6 Å². The van der Waals surface area contributed by atoms with E-state index < -0.39 is 17.8 Å². The first-order chi connectivity index (χ1) is 8.70. The lowest BCUT2D eigenvalue weighted by Crippen LogP contribution is -2.10. The summed E-state index contributed by atoms with van der Waals surface area (Å²) in [5, 5.41) is 12.3. The minimum Gasteiger partial charge on any atom is -0.477 e. The smallest absolute Gasteiger partial charge is 0.435 e. The van der Waals surface area contributed by atoms with Crippen LogP contribution >= 0.6 is 0 Å². The second-order valence-corrected chi connectivity index (χ2v) is 4.32. The third-order valence-electron chi connectivity index (χ3n) is 2.56. The van der Waals surface area contributed by atoms with Gasteiger partial charge >= 0.3 is 12.1 Å². The molecule has 2 heterocycles. The number of alkyl halides is 3. The van der Waals surface area contributed by atoms with Crippen LogP contribution in [0.5, 0.6) is 0 Å². The third kappa shape index (κ3) is 2.38. The molecule has 102 valence electrons. The Hall–Kier alpha value is -2.12. The molecule has 0 aliphatic rings. The number of aromatic nitrogens is 3. The van der Waals surface area contributed by atoms with Crippen molar-refractivity contribution < 1.29 is 23.1 Å². The molecule has 0 spiro atoms. The molecule has 0 aromatic carbocycles. The molecule has 8 heteroatoms. The van der Waals surface area contributed by atoms with E-state index >= 15 is 0 Å². The van der Waals surface area contributed by atoms with E-state index in [0.29, 0.717) is 5.69 Å². The molecule has 0 saturated carbocycles. The van der Waals surface area contributed by atoms with E-state index in [9.17, 15) is 18.0 Å². The number of rotatable bonds is 2. The standard InChI is InChI=1S/C11H10F3N3O2/c1-5(2)7-3-6(10(18)19)15-9-4-8(11(12,13)14)16-17(7)9/h3-5H,1-2H3,(H,18,19). The van der Waals surface area contributed by atoms with Gasteiger partial charge in [-0.25, -0.2) is 14.3 Å². The van der Waals surface area contributed by atoms with Gasteiger partial charge in [-0.15, -0.1) is 0 Å². The maximum atomic E-state index is 12.6. The Morgan fingerprint density at radius 3 is 2.47 bits per heavy atom. The number of hydrogen-bond acceptors (Lipinski definition) is 3. The van der Waals surface area contributed by atoms with Crippen molar-refractivity contribution in [3.8, 4) is 0 Å². The largest absolute Gasteiger partial charge is 0.477 e. The first-order valence-corrected chi connectivity index (χ1v) is 5.41. The Labute approximate surface area is 105 Å². The molecule has 0 atom stereocenters. The molecule has 0 unspecified atom stereocenters. The molecule has 0 bridgehead atoms. The Morgan fingerprint density at radius 2 is 2.00 bits per heavy atom. The maximum absolute atomic E-state index is 12.6. The molecule has 2 aromatic rings. The van der Waals surface area contributed by atoms with Crippen molar-refractivity contribution in [1.29, 1.82) is 0 Å². The van der Waals surface area contributed by atoms with E-state index in [1.54, 1.807) is 13.8 Å². The summed E-state index contributed by atoms with van der Waals surface area (Å²) in [7, 11) is 0. The molecular formula is C11H10F3N3O2. The van der Waals surface area contributed by atoms with Crippen molar-refractivity contribution in [3.63, 3.8) is 0 Å². The number of carboxylic acids is 1. The molecule has 0 saturated heterocycles. The van der Waals surface area contributed by atoms with Gasteiger partial charge in [0.1, 0.15) is 0 Å². The fraction of sp³-hybridized carbons (Fsp3) is 0.364. The zero-order chi connectivity index (χ0) is 14.4. The highest BCUT2D eigenvalue weighted by Crippen LogP contribution is 2.29. The number of hydrogen-bond donors (Lipinski definition) is 1. The van der Waals surface area contributed by atoms with Crippen LogP contribution in [-0.2, 0) is 6.18 Å². The van der Waals surface area contributed by atoms with Crippen molar-refractivity contribution in [2.45, 2.75) is 25.9 Å². The SMILES string of the molecule is CC(C)c1cc(C(=O)O)nc2cc(C(F)(F)F)nn12. The summed E-state index contributed by atoms with van der Waals surface area (Å²) >= 11 is 0. The minimum absolute atomic E-state index is 0.129. The van der Waals surface area contributed by atoms with E-state index in [1.807, 2.05) is 0 Å². The Morgan fingerprint density at radius 1 is 1.37 bits per heavy atom. The molecular weight excluding hydrogens is 263 g/mol. The number of nitrogens with zero attached hydrogens (tertiary/aromatic N) is 3. The van der Waals surface area contributed by atoms with Crippen LogP contribution < -0.4 is 0 Å². The fourth-order valence-electron chi connectivity index (χ4n) is 1.66. The van der Waals surface area contributed by atoms with E-state index in [1.165, 1.54) is 6.07 Å². The second kappa shape index (κ2) is 4.22. The summed E-state index contributed by atoms with van der Waals surface area (Å²) in [5.74, 6) is -1.48. The fourth-order valence-corrected chi connectivity index (χ4v) is 1.66. The predicted octanol–water partition coefficient (Wildman–Crippen LogP) is 2.57. The van der Waals surface area contributed by atoms with Crippen LogP contribution in [0.3, 0.4) is 0 Å². The van der Waals surface area contributed by atoms with Gasteiger partial charge in [0, 0.05) is 11.8 Å². The third-order valence-corrected chi connectivity index (χ3v) is 2.56. The highest BCUT2D eigenvalue weighted by molar-refractivity contribution is 5.86. The summed E-state index contributed by atoms with van der Waals surface area (Å²) < 4.78 is 38.8. The molecule has 2 aromatic heterocycles. The first kappa shape index (κ1) is 13.3. The van der Waals surface area contributed by atoms with Gasteiger partial charge in [0.2, 0.25) is 0 Å². The number of fused-ring (bicyclic) bond motifs is 1. The van der Waals surface area contributed by atoms with E-state index in [4.69, 9.17) is 5.11 Å². The number of aromatic carboxylic acids is 1. The average molecular weight is 273 g/mol. The summed E-state index contributed by atoms with van der Waals surface area (Å²) in [4.78, 5) is 14.6. The Kier molecular flexibility index (Phi) is 2.95. The van der Waals surface area contributed by atoms with Gasteiger partial charge < -0.3 is 5.11 Å². The molecule has 1 N–H and O–H groups in total. The molecule has 0 amide bonds. The zero-order valence-corrected chi connectivity index (χ0v) is 10.1. The Bertz CT molecular complexity index is 646. The highest BCUT2D eigenvalue weighted by Gasteiger charge is 2.34. The van der Waals surface area contributed by atoms with Crippen molar-refractivity contribution >= 4 is 11.6 Å². The molecule has 0 radical (unpaired) electrons. The topological polar surface area (TPSA) is 67.5 Å². The van der Waals surface area contributed by atoms with Crippen LogP contribution in [0.2, 0.25) is 0 Å². The van der Waals surface area contributed by atoms with E-state index in [-0.39, 0.29) is 17.3 Å². The summed E-state index contributed by atoms with van der Waals surface area (Å²) in [6.45, 7) is 3.46.